The van der Waals surface area contributed by atoms with Crippen LogP contribution in [0.5, 0.6) is 0 Å². The average Bonchev–Trinajstić information content (AvgIpc) is 2.62. The van der Waals surface area contributed by atoms with Crippen LogP contribution in [-0.4, -0.2) is 21.8 Å². The van der Waals surface area contributed by atoms with E-state index in [4.69, 9.17) is 5.11 Å². The predicted octanol–water partition coefficient (Wildman–Crippen LogP) is 6.95. The second-order valence-electron chi connectivity index (χ2n) is 6.33. The van der Waals surface area contributed by atoms with Crippen molar-refractivity contribution in [2.24, 2.45) is 0 Å². The lowest BCUT2D eigenvalue weighted by molar-refractivity contribution is -0.385. The summed E-state index contributed by atoms with van der Waals surface area (Å²) in [6.45, 7) is 2.24. The summed E-state index contributed by atoms with van der Waals surface area (Å²) < 4.78 is 0. The minimum absolute atomic E-state index is 0.250. The smallest absolute Gasteiger partial charge is 0.342 e. The number of hydrogen-bond donors (Lipinski definition) is 1. The molecule has 0 aromatic heterocycles. The Labute approximate surface area is 163 Å². The van der Waals surface area contributed by atoms with Gasteiger partial charge in [-0.2, -0.15) is 0 Å². The summed E-state index contributed by atoms with van der Waals surface area (Å²) in [6.07, 6.45) is 13.1. The van der Waals surface area contributed by atoms with Crippen molar-refractivity contribution in [1.82, 2.24) is 0 Å². The molecule has 0 heterocycles. The second-order valence-corrected chi connectivity index (χ2v) is 8.82. The molecule has 0 unspecified atom stereocenters. The van der Waals surface area contributed by atoms with E-state index in [1.807, 2.05) is 0 Å². The average molecular weight is 400 g/mol. The molecule has 0 spiro atoms. The highest BCUT2D eigenvalue weighted by Crippen LogP contribution is 2.34. The minimum atomic E-state index is -1.26. The number of carboxylic acid groups (broad SMARTS) is 1. The summed E-state index contributed by atoms with van der Waals surface area (Å²) in [6, 6.07) is 4.27. The molecule has 0 bridgehead atoms. The third-order valence-corrected chi connectivity index (χ3v) is 6.58. The second kappa shape index (κ2) is 13.9. The van der Waals surface area contributed by atoms with E-state index in [0.717, 1.165) is 17.1 Å². The van der Waals surface area contributed by atoms with Crippen LogP contribution in [0.4, 0.5) is 5.69 Å². The number of benzene rings is 1. The van der Waals surface area contributed by atoms with Crippen molar-refractivity contribution >= 4 is 33.2 Å². The molecular weight excluding hydrogens is 370 g/mol. The highest BCUT2D eigenvalue weighted by Gasteiger charge is 2.20. The van der Waals surface area contributed by atoms with Gasteiger partial charge in [0.1, 0.15) is 5.56 Å². The number of nitrogens with zero attached hydrogens (tertiary/aromatic N) is 1. The molecule has 0 saturated carbocycles. The normalized spacial score (nSPS) is 10.8. The Morgan fingerprint density at radius 3 is 2.15 bits per heavy atom. The Kier molecular flexibility index (Phi) is 12.2. The van der Waals surface area contributed by atoms with Gasteiger partial charge in [0.25, 0.3) is 5.69 Å². The number of carbonyl (C=O) groups is 1. The number of carboxylic acids is 1. The van der Waals surface area contributed by atoms with Crippen LogP contribution in [0.1, 0.15) is 81.5 Å². The van der Waals surface area contributed by atoms with E-state index in [9.17, 15) is 14.9 Å². The summed E-state index contributed by atoms with van der Waals surface area (Å²) >= 11 is 0. The fourth-order valence-electron chi connectivity index (χ4n) is 2.66. The topological polar surface area (TPSA) is 80.4 Å². The van der Waals surface area contributed by atoms with Gasteiger partial charge < -0.3 is 5.11 Å². The van der Waals surface area contributed by atoms with Crippen molar-refractivity contribution in [3.63, 3.8) is 0 Å². The first-order valence-electron chi connectivity index (χ1n) is 9.37. The molecule has 0 aliphatic carbocycles. The van der Waals surface area contributed by atoms with Gasteiger partial charge in [0.15, 0.2) is 0 Å². The van der Waals surface area contributed by atoms with Crippen LogP contribution >= 0.6 is 21.6 Å². The highest BCUT2D eigenvalue weighted by molar-refractivity contribution is 8.76. The van der Waals surface area contributed by atoms with Crippen molar-refractivity contribution in [3.05, 3.63) is 33.9 Å². The molecule has 0 aliphatic heterocycles. The van der Waals surface area contributed by atoms with Crippen molar-refractivity contribution in [3.8, 4) is 0 Å². The van der Waals surface area contributed by atoms with Crippen LogP contribution < -0.4 is 0 Å². The van der Waals surface area contributed by atoms with Gasteiger partial charge >= 0.3 is 5.97 Å². The molecule has 0 radical (unpaired) electrons. The Morgan fingerprint density at radius 2 is 1.62 bits per heavy atom. The molecule has 146 valence electrons. The molecule has 1 N–H and O–H groups in total. The quantitative estimate of drug-likeness (QED) is 0.149. The van der Waals surface area contributed by atoms with E-state index in [-0.39, 0.29) is 11.3 Å². The molecule has 1 aromatic rings. The zero-order valence-electron chi connectivity index (χ0n) is 15.4. The molecule has 7 heteroatoms. The molecule has 0 amide bonds. The minimum Gasteiger partial charge on any atom is -0.477 e. The summed E-state index contributed by atoms with van der Waals surface area (Å²) in [4.78, 5) is 22.1. The lowest BCUT2D eigenvalue weighted by atomic mass is 10.1. The van der Waals surface area contributed by atoms with Crippen LogP contribution in [0.25, 0.3) is 0 Å². The molecule has 0 saturated heterocycles. The van der Waals surface area contributed by atoms with E-state index < -0.39 is 10.9 Å². The number of rotatable bonds is 15. The van der Waals surface area contributed by atoms with Gasteiger partial charge in [0.05, 0.1) is 4.92 Å². The van der Waals surface area contributed by atoms with Gasteiger partial charge in [0, 0.05) is 16.7 Å². The molecule has 5 nitrogen and oxygen atoms in total. The number of aromatic carboxylic acids is 1. The van der Waals surface area contributed by atoms with Crippen LogP contribution in [0.2, 0.25) is 0 Å². The molecule has 1 rings (SSSR count). The Hall–Kier alpha value is -1.21. The zero-order valence-corrected chi connectivity index (χ0v) is 17.1. The Morgan fingerprint density at radius 1 is 1.04 bits per heavy atom. The highest BCUT2D eigenvalue weighted by atomic mass is 33.1. The van der Waals surface area contributed by atoms with Crippen molar-refractivity contribution < 1.29 is 14.8 Å². The van der Waals surface area contributed by atoms with Crippen LogP contribution in [0.15, 0.2) is 23.1 Å². The lowest BCUT2D eigenvalue weighted by Crippen LogP contribution is -2.02. The van der Waals surface area contributed by atoms with E-state index in [2.05, 4.69) is 6.92 Å². The fourth-order valence-corrected chi connectivity index (χ4v) is 4.81. The van der Waals surface area contributed by atoms with E-state index >= 15 is 0 Å². The van der Waals surface area contributed by atoms with Gasteiger partial charge in [-0.15, -0.1) is 0 Å². The standard InChI is InChI=1S/C19H29NO4S2/c1-2-3-4-5-6-7-8-9-10-11-14-25-26-16-12-13-18(20(23)24)17(15-16)19(21)22/h12-13,15H,2-11,14H2,1H3,(H,21,22). The van der Waals surface area contributed by atoms with Crippen molar-refractivity contribution in [1.29, 1.82) is 0 Å². The molecule has 1 aromatic carbocycles. The third-order valence-electron chi connectivity index (χ3n) is 4.13. The van der Waals surface area contributed by atoms with Crippen molar-refractivity contribution in [2.75, 3.05) is 5.75 Å². The van der Waals surface area contributed by atoms with Gasteiger partial charge in [-0.1, -0.05) is 86.3 Å². The van der Waals surface area contributed by atoms with Gasteiger partial charge in [0.2, 0.25) is 0 Å². The number of nitro benzene ring substituents is 1. The number of nitro groups is 1. The van der Waals surface area contributed by atoms with E-state index in [1.54, 1.807) is 16.9 Å². The van der Waals surface area contributed by atoms with Crippen LogP contribution in [0, 0.1) is 10.1 Å². The largest absolute Gasteiger partial charge is 0.477 e. The monoisotopic (exact) mass is 399 g/mol. The Bertz CT molecular complexity index is 566. The zero-order chi connectivity index (χ0) is 19.2. The predicted molar refractivity (Wildman–Crippen MR) is 110 cm³/mol. The Balaban J connectivity index is 2.14. The van der Waals surface area contributed by atoms with Crippen LogP contribution in [0.3, 0.4) is 0 Å². The maximum Gasteiger partial charge on any atom is 0.342 e. The lowest BCUT2D eigenvalue weighted by Gasteiger charge is -2.04. The molecule has 26 heavy (non-hydrogen) atoms. The van der Waals surface area contributed by atoms with E-state index in [1.165, 1.54) is 80.7 Å². The first-order chi connectivity index (χ1) is 12.6. The summed E-state index contributed by atoms with van der Waals surface area (Å²) in [5, 5.41) is 19.9. The maximum absolute atomic E-state index is 11.1. The first kappa shape index (κ1) is 22.8. The van der Waals surface area contributed by atoms with Gasteiger partial charge in [-0.05, 0) is 18.6 Å². The SMILES string of the molecule is CCCCCCCCCCCCSSc1ccc([N+](=O)[O-])c(C(=O)O)c1. The summed E-state index contributed by atoms with van der Waals surface area (Å²) in [5.41, 5.74) is -0.610. The molecule has 0 atom stereocenters. The maximum atomic E-state index is 11.1. The summed E-state index contributed by atoms with van der Waals surface area (Å²) in [5.74, 6) is -0.264. The molecule has 0 aliphatic rings. The number of unbranched alkanes of at least 4 members (excludes halogenated alkanes) is 9. The van der Waals surface area contributed by atoms with Crippen LogP contribution in [-0.2, 0) is 0 Å². The number of hydrogen-bond acceptors (Lipinski definition) is 5. The van der Waals surface area contributed by atoms with Gasteiger partial charge in [-0.25, -0.2) is 4.79 Å². The third kappa shape index (κ3) is 9.48. The van der Waals surface area contributed by atoms with Crippen molar-refractivity contribution in [2.45, 2.75) is 76.0 Å². The summed E-state index contributed by atoms with van der Waals surface area (Å²) in [7, 11) is 3.15. The molecular formula is C19H29NO4S2. The van der Waals surface area contributed by atoms with E-state index in [0.29, 0.717) is 0 Å². The van der Waals surface area contributed by atoms with Gasteiger partial charge in [-0.3, -0.25) is 10.1 Å². The fraction of sp³-hybridized carbons (Fsp3) is 0.632. The molecule has 0 fully saturated rings. The first-order valence-corrected chi connectivity index (χ1v) is 11.7.